The highest BCUT2D eigenvalue weighted by atomic mass is 16.5. The van der Waals surface area contributed by atoms with E-state index in [-0.39, 0.29) is 5.97 Å². The highest BCUT2D eigenvalue weighted by Gasteiger charge is 2.10. The van der Waals surface area contributed by atoms with Crippen molar-refractivity contribution in [1.29, 1.82) is 0 Å². The third kappa shape index (κ3) is 4.02. The molecule has 0 aliphatic carbocycles. The molecule has 0 aliphatic heterocycles. The molecule has 0 amide bonds. The fourth-order valence-electron chi connectivity index (χ4n) is 1.69. The van der Waals surface area contributed by atoms with Gasteiger partial charge in [0.25, 0.3) is 0 Å². The summed E-state index contributed by atoms with van der Waals surface area (Å²) >= 11 is 0. The van der Waals surface area contributed by atoms with Crippen LogP contribution in [0, 0.1) is 6.92 Å². The van der Waals surface area contributed by atoms with Gasteiger partial charge in [-0.2, -0.15) is 0 Å². The van der Waals surface area contributed by atoms with E-state index in [0.29, 0.717) is 11.4 Å². The van der Waals surface area contributed by atoms with Gasteiger partial charge in [-0.1, -0.05) is 19.4 Å². The van der Waals surface area contributed by atoms with Crippen LogP contribution in [0.1, 0.15) is 41.3 Å². The molecule has 4 nitrogen and oxygen atoms in total. The third-order valence-electron chi connectivity index (χ3n) is 2.73. The van der Waals surface area contributed by atoms with Crippen molar-refractivity contribution in [2.75, 3.05) is 14.2 Å². The Labute approximate surface area is 114 Å². The van der Waals surface area contributed by atoms with E-state index in [1.807, 2.05) is 19.2 Å². The summed E-state index contributed by atoms with van der Waals surface area (Å²) in [6, 6.07) is 5.38. The van der Waals surface area contributed by atoms with E-state index in [4.69, 9.17) is 4.74 Å². The van der Waals surface area contributed by atoms with Gasteiger partial charge in [-0.05, 0) is 31.0 Å². The molecule has 0 bridgehead atoms. The second kappa shape index (κ2) is 7.46. The van der Waals surface area contributed by atoms with Crippen LogP contribution in [0.3, 0.4) is 0 Å². The highest BCUT2D eigenvalue weighted by Crippen LogP contribution is 2.14. The Morgan fingerprint density at radius 3 is 2.68 bits per heavy atom. The average Bonchev–Trinajstić information content (AvgIpc) is 2.43. The van der Waals surface area contributed by atoms with Crippen molar-refractivity contribution in [2.45, 2.75) is 26.7 Å². The molecule has 102 valence electrons. The van der Waals surface area contributed by atoms with Crippen molar-refractivity contribution in [1.82, 2.24) is 0 Å². The van der Waals surface area contributed by atoms with Crippen LogP contribution in [-0.2, 0) is 4.74 Å². The summed E-state index contributed by atoms with van der Waals surface area (Å²) in [4.78, 5) is 20.0. The number of aryl methyl sites for hydroxylation is 1. The van der Waals surface area contributed by atoms with E-state index in [1.165, 1.54) is 7.11 Å². The number of aliphatic imine (C=N–C) groups is 2. The number of nitrogens with zero attached hydrogens (tertiary/aromatic N) is 2. The first kappa shape index (κ1) is 15.1. The SMILES string of the molecule is CCC/C=N\C(=N/C)c1ccc(C(=O)OC)cc1C. The van der Waals surface area contributed by atoms with E-state index in [9.17, 15) is 4.79 Å². The summed E-state index contributed by atoms with van der Waals surface area (Å²) in [7, 11) is 3.09. The molecule has 0 atom stereocenters. The molecule has 1 aromatic rings. The molecule has 0 spiro atoms. The number of hydrogen-bond acceptors (Lipinski definition) is 3. The van der Waals surface area contributed by atoms with Crippen LogP contribution in [0.15, 0.2) is 28.2 Å². The molecule has 0 aliphatic rings. The van der Waals surface area contributed by atoms with E-state index in [2.05, 4.69) is 16.9 Å². The van der Waals surface area contributed by atoms with Gasteiger partial charge in [0.15, 0.2) is 5.84 Å². The van der Waals surface area contributed by atoms with Crippen LogP contribution in [0.5, 0.6) is 0 Å². The minimum Gasteiger partial charge on any atom is -0.465 e. The lowest BCUT2D eigenvalue weighted by Gasteiger charge is -2.07. The zero-order valence-electron chi connectivity index (χ0n) is 11.9. The van der Waals surface area contributed by atoms with Gasteiger partial charge in [0.05, 0.1) is 12.7 Å². The van der Waals surface area contributed by atoms with Gasteiger partial charge in [0.2, 0.25) is 0 Å². The summed E-state index contributed by atoms with van der Waals surface area (Å²) in [5.74, 6) is 0.349. The second-order valence-corrected chi connectivity index (χ2v) is 4.17. The first-order chi connectivity index (χ1) is 9.13. The second-order valence-electron chi connectivity index (χ2n) is 4.17. The zero-order chi connectivity index (χ0) is 14.3. The van der Waals surface area contributed by atoms with E-state index < -0.39 is 0 Å². The number of amidine groups is 1. The molecule has 0 heterocycles. The molecule has 4 heteroatoms. The monoisotopic (exact) mass is 260 g/mol. The average molecular weight is 260 g/mol. The molecular weight excluding hydrogens is 240 g/mol. The predicted octanol–water partition coefficient (Wildman–Crippen LogP) is 3.03. The quantitative estimate of drug-likeness (QED) is 0.474. The van der Waals surface area contributed by atoms with E-state index >= 15 is 0 Å². The lowest BCUT2D eigenvalue weighted by Crippen LogP contribution is -2.05. The summed E-state index contributed by atoms with van der Waals surface area (Å²) in [5, 5.41) is 0. The number of methoxy groups -OCH3 is 1. The Balaban J connectivity index is 3.04. The van der Waals surface area contributed by atoms with Gasteiger partial charge in [0, 0.05) is 18.8 Å². The van der Waals surface area contributed by atoms with Crippen molar-refractivity contribution < 1.29 is 9.53 Å². The summed E-state index contributed by atoms with van der Waals surface area (Å²) < 4.78 is 4.70. The molecule has 0 aromatic heterocycles. The van der Waals surface area contributed by atoms with Crippen LogP contribution >= 0.6 is 0 Å². The number of carbonyl (C=O) groups excluding carboxylic acids is 1. The molecule has 0 radical (unpaired) electrons. The van der Waals surface area contributed by atoms with Crippen LogP contribution in [0.25, 0.3) is 0 Å². The van der Waals surface area contributed by atoms with E-state index in [1.54, 1.807) is 19.2 Å². The standard InChI is InChI=1S/C15H20N2O2/c1-5-6-9-17-14(16-3)13-8-7-12(10-11(13)2)15(18)19-4/h7-10H,5-6H2,1-4H3/b16-14-,17-9-. The molecular formula is C15H20N2O2. The molecule has 0 N–H and O–H groups in total. The maximum Gasteiger partial charge on any atom is 0.337 e. The number of esters is 1. The normalized spacial score (nSPS) is 11.9. The number of hydrogen-bond donors (Lipinski definition) is 0. The topological polar surface area (TPSA) is 51.0 Å². The maximum atomic E-state index is 11.4. The molecule has 19 heavy (non-hydrogen) atoms. The zero-order valence-corrected chi connectivity index (χ0v) is 11.9. The minimum absolute atomic E-state index is 0.334. The molecule has 0 fully saturated rings. The highest BCUT2D eigenvalue weighted by molar-refractivity contribution is 6.04. The summed E-state index contributed by atoms with van der Waals surface area (Å²) in [6.45, 7) is 4.04. The van der Waals surface area contributed by atoms with Crippen molar-refractivity contribution in [2.24, 2.45) is 9.98 Å². The Morgan fingerprint density at radius 2 is 2.16 bits per heavy atom. The number of ether oxygens (including phenoxy) is 1. The van der Waals surface area contributed by atoms with Crippen molar-refractivity contribution in [3.8, 4) is 0 Å². The maximum absolute atomic E-state index is 11.4. The van der Waals surface area contributed by atoms with Crippen molar-refractivity contribution >= 4 is 18.0 Å². The van der Waals surface area contributed by atoms with Crippen LogP contribution < -0.4 is 0 Å². The smallest absolute Gasteiger partial charge is 0.337 e. The number of carbonyl (C=O) groups is 1. The molecule has 0 saturated carbocycles. The van der Waals surface area contributed by atoms with E-state index in [0.717, 1.165) is 24.0 Å². The van der Waals surface area contributed by atoms with Gasteiger partial charge in [-0.3, -0.25) is 4.99 Å². The predicted molar refractivity (Wildman–Crippen MR) is 78.4 cm³/mol. The van der Waals surface area contributed by atoms with Gasteiger partial charge < -0.3 is 4.74 Å². The molecule has 1 aromatic carbocycles. The van der Waals surface area contributed by atoms with Gasteiger partial charge in [-0.25, -0.2) is 9.79 Å². The Morgan fingerprint density at radius 1 is 1.42 bits per heavy atom. The van der Waals surface area contributed by atoms with Gasteiger partial charge >= 0.3 is 5.97 Å². The lowest BCUT2D eigenvalue weighted by atomic mass is 10.0. The first-order valence-corrected chi connectivity index (χ1v) is 6.32. The molecule has 0 unspecified atom stereocenters. The minimum atomic E-state index is -0.334. The molecule has 1 rings (SSSR count). The van der Waals surface area contributed by atoms with Crippen LogP contribution in [0.2, 0.25) is 0 Å². The van der Waals surface area contributed by atoms with Crippen LogP contribution in [0.4, 0.5) is 0 Å². The van der Waals surface area contributed by atoms with Crippen molar-refractivity contribution in [3.05, 3.63) is 34.9 Å². The number of unbranched alkanes of at least 4 members (excludes halogenated alkanes) is 1. The Kier molecular flexibility index (Phi) is 5.93. The van der Waals surface area contributed by atoms with Crippen molar-refractivity contribution in [3.63, 3.8) is 0 Å². The fraction of sp³-hybridized carbons (Fsp3) is 0.400. The van der Waals surface area contributed by atoms with Gasteiger partial charge in [-0.15, -0.1) is 0 Å². The largest absolute Gasteiger partial charge is 0.465 e. The summed E-state index contributed by atoms with van der Waals surface area (Å²) in [5.41, 5.74) is 2.43. The molecule has 0 saturated heterocycles. The number of benzene rings is 1. The fourth-order valence-corrected chi connectivity index (χ4v) is 1.69. The lowest BCUT2D eigenvalue weighted by molar-refractivity contribution is 0.0600. The Hall–Kier alpha value is -1.97. The van der Waals surface area contributed by atoms with Crippen LogP contribution in [-0.4, -0.2) is 32.2 Å². The number of rotatable bonds is 4. The third-order valence-corrected chi connectivity index (χ3v) is 2.73. The Bertz CT molecular complexity index is 505. The summed E-state index contributed by atoms with van der Waals surface area (Å²) in [6.07, 6.45) is 3.86. The van der Waals surface area contributed by atoms with Gasteiger partial charge in [0.1, 0.15) is 0 Å². The first-order valence-electron chi connectivity index (χ1n) is 6.32.